The molecule has 0 N–H and O–H groups in total. The number of benzene rings is 6. The molecule has 0 fully saturated rings. The van der Waals surface area contributed by atoms with Gasteiger partial charge in [0, 0.05) is 0 Å². The van der Waals surface area contributed by atoms with Crippen molar-refractivity contribution in [3.63, 3.8) is 0 Å². The molecule has 58 heavy (non-hydrogen) atoms. The van der Waals surface area contributed by atoms with Crippen LogP contribution in [0.3, 0.4) is 0 Å². The summed E-state index contributed by atoms with van der Waals surface area (Å²) in [5, 5.41) is 0. The van der Waals surface area contributed by atoms with Crippen molar-refractivity contribution in [1.29, 1.82) is 0 Å². The number of hydrogen-bond acceptors (Lipinski definition) is 0. The standard InChI is InChI=1S/C35H37.C15H14.C5H5.2ClH.Zr/c1-22-13-9-11-15-26(22)30-18-24-17-25-19-31(27-16-12-10-14-23(27)2)33(35(6,7)8)21-29(25)28(24)20-32(30)34(3,4)5;1-12-3-7-14(8-4-12)11-15-9-5-13(2)6-10-15;1-2-4-5-3-1;;;/h9-16,18,20-21H,17H2,1-8H3;3-10H,1-2H3;1-5H;2*1H;/q-1;;-1;;;+2/p-2. The summed E-state index contributed by atoms with van der Waals surface area (Å²) in [4.78, 5) is 0. The van der Waals surface area contributed by atoms with Crippen molar-refractivity contribution in [1.82, 2.24) is 0 Å². The van der Waals surface area contributed by atoms with Gasteiger partial charge in [-0.05, 0) is 58.9 Å². The van der Waals surface area contributed by atoms with Crippen LogP contribution in [0.15, 0.2) is 146 Å². The number of halogens is 2. The predicted octanol–water partition coefficient (Wildman–Crippen LogP) is 8.44. The van der Waals surface area contributed by atoms with Crippen LogP contribution in [0.1, 0.15) is 97.2 Å². The average Bonchev–Trinajstić information content (AvgIpc) is 3.86. The summed E-state index contributed by atoms with van der Waals surface area (Å²) in [6, 6.07) is 56.4. The quantitative estimate of drug-likeness (QED) is 0.156. The fourth-order valence-corrected chi connectivity index (χ4v) is 8.32. The molecule has 0 unspecified atom stereocenters. The zero-order valence-corrected chi connectivity index (χ0v) is 39.8. The molecule has 0 bridgehead atoms. The van der Waals surface area contributed by atoms with Gasteiger partial charge in [-0.25, -0.2) is 12.1 Å². The molecule has 0 radical (unpaired) electrons. The number of hydrogen-bond donors (Lipinski definition) is 0. The average molecular weight is 879 g/mol. The molecule has 7 aromatic carbocycles. The molecule has 8 rings (SSSR count). The van der Waals surface area contributed by atoms with Crippen molar-refractivity contribution < 1.29 is 49.0 Å². The SMILES string of the molecule is Cc1ccc([C](=[Zr+2])c2ccc(C)cc2)cc1.Cc1ccccc1-c1[c-]c2c(cc1C(C)(C)C)-c1cc(C(C)(C)C)c(-c3ccccc3C)cc1C2.[Cl-].[Cl-].c1cc[cH-]c1. The van der Waals surface area contributed by atoms with Crippen molar-refractivity contribution in [2.75, 3.05) is 0 Å². The molecule has 0 nitrogen and oxygen atoms in total. The van der Waals surface area contributed by atoms with Gasteiger partial charge in [0.05, 0.1) is 0 Å². The summed E-state index contributed by atoms with van der Waals surface area (Å²) in [6.07, 6.45) is 0.942. The van der Waals surface area contributed by atoms with E-state index in [2.05, 4.69) is 191 Å². The van der Waals surface area contributed by atoms with Crippen LogP contribution in [0.25, 0.3) is 33.4 Å². The summed E-state index contributed by atoms with van der Waals surface area (Å²) in [7, 11) is 0. The second-order valence-electron chi connectivity index (χ2n) is 17.4. The molecule has 0 heterocycles. The van der Waals surface area contributed by atoms with Crippen molar-refractivity contribution in [3.05, 3.63) is 207 Å². The normalized spacial score (nSPS) is 11.4. The van der Waals surface area contributed by atoms with E-state index in [4.69, 9.17) is 0 Å². The molecule has 0 spiro atoms. The van der Waals surface area contributed by atoms with Gasteiger partial charge in [-0.15, -0.1) is 28.8 Å². The minimum Gasteiger partial charge on any atom is -1.00 e. The van der Waals surface area contributed by atoms with Gasteiger partial charge in [0.15, 0.2) is 0 Å². The maximum atomic E-state index is 3.93. The van der Waals surface area contributed by atoms with Gasteiger partial charge in [0.2, 0.25) is 0 Å². The van der Waals surface area contributed by atoms with Gasteiger partial charge in [0.25, 0.3) is 0 Å². The Morgan fingerprint density at radius 1 is 0.517 bits per heavy atom. The summed E-state index contributed by atoms with van der Waals surface area (Å²) in [5.41, 5.74) is 21.6. The van der Waals surface area contributed by atoms with Crippen LogP contribution in [0.2, 0.25) is 0 Å². The largest absolute Gasteiger partial charge is 1.00 e. The summed E-state index contributed by atoms with van der Waals surface area (Å²) < 4.78 is 1.42. The number of aryl methyl sites for hydroxylation is 4. The van der Waals surface area contributed by atoms with Gasteiger partial charge in [-0.3, -0.25) is 0 Å². The van der Waals surface area contributed by atoms with Gasteiger partial charge < -0.3 is 24.8 Å². The Morgan fingerprint density at radius 3 is 1.43 bits per heavy atom. The van der Waals surface area contributed by atoms with E-state index in [1.165, 1.54) is 116 Å². The maximum Gasteiger partial charge on any atom is -0.0126 e. The van der Waals surface area contributed by atoms with Gasteiger partial charge >= 0.3 is 112 Å². The molecule has 0 aromatic heterocycles. The summed E-state index contributed by atoms with van der Waals surface area (Å²) >= 11 is 1.46. The van der Waals surface area contributed by atoms with Crippen molar-refractivity contribution in [2.45, 2.75) is 86.5 Å². The van der Waals surface area contributed by atoms with Crippen LogP contribution >= 0.6 is 0 Å². The van der Waals surface area contributed by atoms with Crippen LogP contribution in [-0.2, 0) is 41.5 Å². The van der Waals surface area contributed by atoms with E-state index in [1.54, 1.807) is 0 Å². The van der Waals surface area contributed by atoms with Crippen LogP contribution in [-0.4, -0.2) is 3.21 Å². The minimum atomic E-state index is 0. The van der Waals surface area contributed by atoms with E-state index in [1.807, 2.05) is 30.3 Å². The monoisotopic (exact) mass is 876 g/mol. The molecule has 1 aliphatic rings. The second-order valence-corrected chi connectivity index (χ2v) is 18.6. The zero-order chi connectivity index (χ0) is 40.2. The van der Waals surface area contributed by atoms with E-state index >= 15 is 0 Å². The fourth-order valence-electron chi connectivity index (χ4n) is 7.50. The molecule has 3 heteroatoms. The Labute approximate surface area is 376 Å². The number of fused-ring (bicyclic) bond motifs is 3. The van der Waals surface area contributed by atoms with E-state index < -0.39 is 0 Å². The summed E-state index contributed by atoms with van der Waals surface area (Å²) in [6.45, 7) is 22.6. The predicted molar refractivity (Wildman–Crippen MR) is 239 cm³/mol. The topological polar surface area (TPSA) is 0 Å². The summed E-state index contributed by atoms with van der Waals surface area (Å²) in [5.74, 6) is 0. The third kappa shape index (κ3) is 11.0. The van der Waals surface area contributed by atoms with Crippen molar-refractivity contribution in [3.8, 4) is 33.4 Å². The minimum absolute atomic E-state index is 0. The first-order valence-corrected chi connectivity index (χ1v) is 21.1. The molecule has 296 valence electrons. The number of rotatable bonds is 4. The van der Waals surface area contributed by atoms with Crippen LogP contribution in [0.4, 0.5) is 0 Å². The molecule has 0 saturated heterocycles. The van der Waals surface area contributed by atoms with Crippen molar-refractivity contribution in [2.24, 2.45) is 0 Å². The Kier molecular flexibility index (Phi) is 16.0. The zero-order valence-electron chi connectivity index (χ0n) is 35.8. The second kappa shape index (κ2) is 19.8. The molecular formula is C55H56Cl2Zr-2. The molecule has 7 aromatic rings. The van der Waals surface area contributed by atoms with Gasteiger partial charge in [-0.2, -0.15) is 18.2 Å². The fraction of sp³-hybridized carbons (Fsp3) is 0.236. The first kappa shape index (κ1) is 46.7. The van der Waals surface area contributed by atoms with Crippen molar-refractivity contribution >= 4 is 3.21 Å². The Morgan fingerprint density at radius 2 is 0.983 bits per heavy atom. The first-order valence-electron chi connectivity index (χ1n) is 19.9. The first-order chi connectivity index (χ1) is 26.6. The Balaban J connectivity index is 0.000000268. The molecule has 0 atom stereocenters. The molecule has 0 saturated carbocycles. The maximum absolute atomic E-state index is 3.93. The Bertz CT molecular complexity index is 2260. The third-order valence-electron chi connectivity index (χ3n) is 10.8. The molecule has 0 aliphatic heterocycles. The van der Waals surface area contributed by atoms with E-state index in [0.29, 0.717) is 0 Å². The molecular weight excluding hydrogens is 823 g/mol. The molecule has 0 amide bonds. The van der Waals surface area contributed by atoms with E-state index in [9.17, 15) is 0 Å². The third-order valence-corrected chi connectivity index (χ3v) is 12.2. The van der Waals surface area contributed by atoms with Gasteiger partial charge in [0.1, 0.15) is 0 Å². The van der Waals surface area contributed by atoms with E-state index in [0.717, 1.165) is 6.42 Å². The van der Waals surface area contributed by atoms with Crippen LogP contribution in [0, 0.1) is 33.8 Å². The Hall–Kier alpha value is -4.00. The van der Waals surface area contributed by atoms with Crippen LogP contribution < -0.4 is 24.8 Å². The van der Waals surface area contributed by atoms with E-state index in [-0.39, 0.29) is 35.6 Å². The van der Waals surface area contributed by atoms with Gasteiger partial charge in [-0.1, -0.05) is 124 Å². The molecule has 1 aliphatic carbocycles. The smallest absolute Gasteiger partial charge is 0.0126 e. The van der Waals surface area contributed by atoms with Crippen LogP contribution in [0.5, 0.6) is 0 Å².